The zero-order chi connectivity index (χ0) is 16.0. The molecule has 118 valence electrons. The first-order valence-corrected chi connectivity index (χ1v) is 7.42. The molecule has 21 heavy (non-hydrogen) atoms. The number of nitrogen functional groups attached to an aromatic ring is 1. The SMILES string of the molecule is CCNC(=O)c1sc(N(C)CCOC)c(C(=O)NC)c1N. The molecule has 0 unspecified atom stereocenters. The van der Waals surface area contributed by atoms with E-state index in [1.54, 1.807) is 7.11 Å². The number of amides is 2. The zero-order valence-electron chi connectivity index (χ0n) is 12.8. The first kappa shape index (κ1) is 17.3. The smallest absolute Gasteiger partial charge is 0.263 e. The van der Waals surface area contributed by atoms with Gasteiger partial charge in [0.05, 0.1) is 17.9 Å². The van der Waals surface area contributed by atoms with Crippen molar-refractivity contribution in [1.82, 2.24) is 10.6 Å². The van der Waals surface area contributed by atoms with Crippen molar-refractivity contribution in [3.05, 3.63) is 10.4 Å². The van der Waals surface area contributed by atoms with Crippen molar-refractivity contribution in [2.45, 2.75) is 6.92 Å². The van der Waals surface area contributed by atoms with Crippen molar-refractivity contribution in [2.75, 3.05) is 51.5 Å². The number of thiophene rings is 1. The van der Waals surface area contributed by atoms with Gasteiger partial charge in [-0.25, -0.2) is 0 Å². The fraction of sp³-hybridized carbons (Fsp3) is 0.538. The van der Waals surface area contributed by atoms with Crippen LogP contribution in [0.5, 0.6) is 0 Å². The van der Waals surface area contributed by atoms with Gasteiger partial charge in [-0.2, -0.15) is 0 Å². The maximum absolute atomic E-state index is 12.1. The minimum absolute atomic E-state index is 0.213. The molecule has 4 N–H and O–H groups in total. The molecule has 2 amide bonds. The lowest BCUT2D eigenvalue weighted by molar-refractivity contribution is 0.0959. The van der Waals surface area contributed by atoms with Crippen LogP contribution in [0.25, 0.3) is 0 Å². The standard InChI is InChI=1S/C13H22N4O3S/c1-5-16-12(19)10-9(14)8(11(18)15-2)13(21-10)17(3)6-7-20-4/h5-7,14H2,1-4H3,(H,15,18)(H,16,19). The van der Waals surface area contributed by atoms with E-state index in [-0.39, 0.29) is 17.5 Å². The highest BCUT2D eigenvalue weighted by Gasteiger charge is 2.26. The van der Waals surface area contributed by atoms with Crippen molar-refractivity contribution in [1.29, 1.82) is 0 Å². The molecule has 0 aliphatic rings. The minimum atomic E-state index is -0.307. The predicted octanol–water partition coefficient (Wildman–Crippen LogP) is 0.522. The van der Waals surface area contributed by atoms with Crippen LogP contribution in [0.2, 0.25) is 0 Å². The molecule has 0 saturated heterocycles. The van der Waals surface area contributed by atoms with E-state index in [0.717, 1.165) is 0 Å². The molecule has 0 aromatic carbocycles. The molecule has 0 saturated carbocycles. The average molecular weight is 314 g/mol. The maximum atomic E-state index is 12.1. The number of anilines is 2. The van der Waals surface area contributed by atoms with E-state index in [1.807, 2.05) is 18.9 Å². The quantitative estimate of drug-likeness (QED) is 0.682. The van der Waals surface area contributed by atoms with Gasteiger partial charge in [-0.1, -0.05) is 0 Å². The highest BCUT2D eigenvalue weighted by atomic mass is 32.1. The van der Waals surface area contributed by atoms with E-state index in [1.165, 1.54) is 18.4 Å². The summed E-state index contributed by atoms with van der Waals surface area (Å²) in [6, 6.07) is 0. The summed E-state index contributed by atoms with van der Waals surface area (Å²) in [4.78, 5) is 26.3. The van der Waals surface area contributed by atoms with E-state index in [4.69, 9.17) is 10.5 Å². The van der Waals surface area contributed by atoms with Crippen molar-refractivity contribution in [3.63, 3.8) is 0 Å². The van der Waals surface area contributed by atoms with Gasteiger partial charge in [0.25, 0.3) is 11.8 Å². The van der Waals surface area contributed by atoms with E-state index in [9.17, 15) is 9.59 Å². The molecule has 7 nitrogen and oxygen atoms in total. The second kappa shape index (κ2) is 7.84. The fourth-order valence-corrected chi connectivity index (χ4v) is 2.91. The molecule has 0 radical (unpaired) electrons. The molecule has 0 spiro atoms. The Hall–Kier alpha value is -1.80. The Kier molecular flexibility index (Phi) is 6.44. The number of nitrogens with zero attached hydrogens (tertiary/aromatic N) is 1. The Labute approximate surface area is 128 Å². The van der Waals surface area contributed by atoms with Gasteiger partial charge in [-0.3, -0.25) is 9.59 Å². The summed E-state index contributed by atoms with van der Waals surface area (Å²) in [5.74, 6) is -0.574. The predicted molar refractivity (Wildman–Crippen MR) is 85.3 cm³/mol. The summed E-state index contributed by atoms with van der Waals surface area (Å²) >= 11 is 1.21. The Balaban J connectivity index is 3.24. The summed E-state index contributed by atoms with van der Waals surface area (Å²) in [6.07, 6.45) is 0. The lowest BCUT2D eigenvalue weighted by Gasteiger charge is -2.18. The number of ether oxygens (including phenoxy) is 1. The molecule has 0 aliphatic carbocycles. The number of nitrogens with one attached hydrogen (secondary N) is 2. The Bertz CT molecular complexity index is 516. The third kappa shape index (κ3) is 3.85. The average Bonchev–Trinajstić information content (AvgIpc) is 2.82. The van der Waals surface area contributed by atoms with Crippen molar-refractivity contribution in [3.8, 4) is 0 Å². The number of carbonyl (C=O) groups is 2. The van der Waals surface area contributed by atoms with Crippen LogP contribution in [0.4, 0.5) is 10.7 Å². The number of methoxy groups -OCH3 is 1. The minimum Gasteiger partial charge on any atom is -0.397 e. The van der Waals surface area contributed by atoms with Gasteiger partial charge >= 0.3 is 0 Å². The molecule has 1 heterocycles. The third-order valence-electron chi connectivity index (χ3n) is 2.90. The lowest BCUT2D eigenvalue weighted by atomic mass is 10.2. The summed E-state index contributed by atoms with van der Waals surface area (Å²) in [5.41, 5.74) is 6.56. The largest absolute Gasteiger partial charge is 0.397 e. The van der Waals surface area contributed by atoms with E-state index in [2.05, 4.69) is 10.6 Å². The first-order chi connectivity index (χ1) is 9.97. The molecule has 8 heteroatoms. The van der Waals surface area contributed by atoms with Crippen LogP contribution in [-0.4, -0.2) is 52.7 Å². The molecule has 0 atom stereocenters. The Morgan fingerprint density at radius 3 is 2.57 bits per heavy atom. The number of carbonyl (C=O) groups excluding carboxylic acids is 2. The Morgan fingerprint density at radius 2 is 2.05 bits per heavy atom. The first-order valence-electron chi connectivity index (χ1n) is 6.60. The van der Waals surface area contributed by atoms with Crippen LogP contribution >= 0.6 is 11.3 Å². The van der Waals surface area contributed by atoms with Crippen LogP contribution < -0.4 is 21.3 Å². The molecule has 1 aromatic heterocycles. The Morgan fingerprint density at radius 1 is 1.38 bits per heavy atom. The molecule has 1 rings (SSSR count). The second-order valence-electron chi connectivity index (χ2n) is 4.38. The third-order valence-corrected chi connectivity index (χ3v) is 4.22. The topological polar surface area (TPSA) is 96.7 Å². The normalized spacial score (nSPS) is 10.3. The van der Waals surface area contributed by atoms with Crippen LogP contribution in [0.3, 0.4) is 0 Å². The van der Waals surface area contributed by atoms with Gasteiger partial charge in [0.2, 0.25) is 0 Å². The van der Waals surface area contributed by atoms with Gasteiger partial charge in [-0.05, 0) is 6.92 Å². The summed E-state index contributed by atoms with van der Waals surface area (Å²) < 4.78 is 5.04. The zero-order valence-corrected chi connectivity index (χ0v) is 13.6. The van der Waals surface area contributed by atoms with E-state index >= 15 is 0 Å². The molecule has 0 fully saturated rings. The lowest BCUT2D eigenvalue weighted by Crippen LogP contribution is -2.26. The van der Waals surface area contributed by atoms with Gasteiger partial charge in [0.1, 0.15) is 9.88 Å². The molecule has 0 bridgehead atoms. The van der Waals surface area contributed by atoms with Gasteiger partial charge in [-0.15, -0.1) is 11.3 Å². The summed E-state index contributed by atoms with van der Waals surface area (Å²) in [7, 11) is 4.97. The number of hydrogen-bond acceptors (Lipinski definition) is 6. The van der Waals surface area contributed by atoms with Crippen LogP contribution in [-0.2, 0) is 4.74 Å². The molecular formula is C13H22N4O3S. The van der Waals surface area contributed by atoms with Crippen molar-refractivity contribution in [2.24, 2.45) is 0 Å². The number of rotatable bonds is 7. The second-order valence-corrected chi connectivity index (χ2v) is 5.38. The van der Waals surface area contributed by atoms with Crippen molar-refractivity contribution < 1.29 is 14.3 Å². The number of nitrogens with two attached hydrogens (primary N) is 1. The van der Waals surface area contributed by atoms with Crippen LogP contribution in [0, 0.1) is 0 Å². The molecule has 1 aromatic rings. The van der Waals surface area contributed by atoms with Crippen LogP contribution in [0.15, 0.2) is 0 Å². The van der Waals surface area contributed by atoms with Crippen LogP contribution in [0.1, 0.15) is 27.0 Å². The van der Waals surface area contributed by atoms with E-state index in [0.29, 0.717) is 35.1 Å². The number of likely N-dealkylation sites (N-methyl/N-ethyl adjacent to an activating group) is 1. The molecular weight excluding hydrogens is 292 g/mol. The van der Waals surface area contributed by atoms with Gasteiger partial charge in [0.15, 0.2) is 0 Å². The summed E-state index contributed by atoms with van der Waals surface area (Å²) in [6.45, 7) is 3.43. The van der Waals surface area contributed by atoms with Crippen molar-refractivity contribution >= 4 is 33.8 Å². The summed E-state index contributed by atoms with van der Waals surface area (Å²) in [5, 5.41) is 5.91. The van der Waals surface area contributed by atoms with Gasteiger partial charge in [0, 0.05) is 34.3 Å². The fourth-order valence-electron chi connectivity index (χ4n) is 1.78. The van der Waals surface area contributed by atoms with E-state index < -0.39 is 0 Å². The highest BCUT2D eigenvalue weighted by Crippen LogP contribution is 2.37. The monoisotopic (exact) mass is 314 g/mol. The maximum Gasteiger partial charge on any atom is 0.263 e. The highest BCUT2D eigenvalue weighted by molar-refractivity contribution is 7.19. The van der Waals surface area contributed by atoms with Gasteiger partial charge < -0.3 is 26.0 Å². The number of hydrogen-bond donors (Lipinski definition) is 3. The molecule has 0 aliphatic heterocycles.